The number of benzene rings is 1. The minimum absolute atomic E-state index is 0.0464. The van der Waals surface area contributed by atoms with Gasteiger partial charge >= 0.3 is 6.03 Å². The summed E-state index contributed by atoms with van der Waals surface area (Å²) in [5.74, 6) is -0.239. The molecule has 6 nitrogen and oxygen atoms in total. The molecule has 0 radical (unpaired) electrons. The Morgan fingerprint density at radius 3 is 2.58 bits per heavy atom. The number of nitrogens with zero attached hydrogens (tertiary/aromatic N) is 1. The normalized spacial score (nSPS) is 27.3. The van der Waals surface area contributed by atoms with Crippen molar-refractivity contribution >= 4 is 41.0 Å². The quantitative estimate of drug-likeness (QED) is 0.768. The van der Waals surface area contributed by atoms with E-state index in [9.17, 15) is 14.4 Å². The molecule has 26 heavy (non-hydrogen) atoms. The fourth-order valence-electron chi connectivity index (χ4n) is 4.12. The highest BCUT2D eigenvalue weighted by Gasteiger charge is 2.55. The highest BCUT2D eigenvalue weighted by atomic mass is 35.5. The summed E-state index contributed by atoms with van der Waals surface area (Å²) in [5, 5.41) is 6.03. The van der Waals surface area contributed by atoms with Gasteiger partial charge < -0.3 is 10.2 Å². The zero-order valence-corrected chi connectivity index (χ0v) is 15.8. The van der Waals surface area contributed by atoms with E-state index in [-0.39, 0.29) is 30.2 Å². The summed E-state index contributed by atoms with van der Waals surface area (Å²) in [4.78, 5) is 38.5. The first-order valence-corrected chi connectivity index (χ1v) is 9.48. The summed E-state index contributed by atoms with van der Waals surface area (Å²) in [5.41, 5.74) is 1.05. The molecule has 138 valence electrons. The molecular weight excluding hydrogens is 377 g/mol. The van der Waals surface area contributed by atoms with Crippen LogP contribution in [0.5, 0.6) is 0 Å². The van der Waals surface area contributed by atoms with Crippen LogP contribution in [0.2, 0.25) is 10.0 Å². The molecule has 1 aromatic rings. The average Bonchev–Trinajstić information content (AvgIpc) is 3.33. The SMILES string of the molecule is C[C@H]1c2cc(Cl)c(Cl)cc2CN1C(=O)CCC1(C2CC2)NC(=O)NC1=O. The van der Waals surface area contributed by atoms with E-state index in [0.717, 1.165) is 24.0 Å². The van der Waals surface area contributed by atoms with Gasteiger partial charge in [-0.05, 0) is 55.4 Å². The van der Waals surface area contributed by atoms with E-state index in [4.69, 9.17) is 23.2 Å². The van der Waals surface area contributed by atoms with Crippen molar-refractivity contribution in [2.75, 3.05) is 0 Å². The third-order valence-corrected chi connectivity index (χ3v) is 6.46. The Kier molecular flexibility index (Phi) is 4.15. The zero-order chi connectivity index (χ0) is 18.6. The van der Waals surface area contributed by atoms with Crippen LogP contribution in [-0.4, -0.2) is 28.3 Å². The molecule has 0 bridgehead atoms. The number of nitrogens with one attached hydrogen (secondary N) is 2. The molecule has 1 saturated heterocycles. The van der Waals surface area contributed by atoms with Gasteiger partial charge in [-0.15, -0.1) is 0 Å². The van der Waals surface area contributed by atoms with Crippen LogP contribution < -0.4 is 10.6 Å². The first-order chi connectivity index (χ1) is 12.3. The Bertz CT molecular complexity index is 824. The molecule has 2 aliphatic heterocycles. The van der Waals surface area contributed by atoms with Crippen LogP contribution in [0, 0.1) is 5.92 Å². The lowest BCUT2D eigenvalue weighted by atomic mass is 9.87. The second kappa shape index (κ2) is 6.13. The molecular formula is C18H19Cl2N3O3. The number of imide groups is 1. The number of rotatable bonds is 4. The van der Waals surface area contributed by atoms with Crippen molar-refractivity contribution in [3.05, 3.63) is 33.3 Å². The Balaban J connectivity index is 1.47. The topological polar surface area (TPSA) is 78.5 Å². The number of hydrogen-bond acceptors (Lipinski definition) is 3. The largest absolute Gasteiger partial charge is 0.332 e. The Morgan fingerprint density at radius 1 is 1.27 bits per heavy atom. The summed E-state index contributed by atoms with van der Waals surface area (Å²) < 4.78 is 0. The van der Waals surface area contributed by atoms with Crippen molar-refractivity contribution in [1.82, 2.24) is 15.5 Å². The molecule has 8 heteroatoms. The van der Waals surface area contributed by atoms with Crippen molar-refractivity contribution in [2.24, 2.45) is 5.92 Å². The van der Waals surface area contributed by atoms with Gasteiger partial charge in [-0.25, -0.2) is 4.79 Å². The molecule has 2 fully saturated rings. The van der Waals surface area contributed by atoms with Gasteiger partial charge in [-0.1, -0.05) is 23.2 Å². The highest BCUT2D eigenvalue weighted by molar-refractivity contribution is 6.42. The summed E-state index contributed by atoms with van der Waals surface area (Å²) in [6.45, 7) is 2.43. The van der Waals surface area contributed by atoms with E-state index >= 15 is 0 Å². The van der Waals surface area contributed by atoms with Crippen molar-refractivity contribution in [3.8, 4) is 0 Å². The Labute approximate surface area is 161 Å². The smallest absolute Gasteiger partial charge is 0.322 e. The van der Waals surface area contributed by atoms with Crippen LogP contribution in [0.4, 0.5) is 4.79 Å². The van der Waals surface area contributed by atoms with Gasteiger partial charge in [0.15, 0.2) is 0 Å². The summed E-state index contributed by atoms with van der Waals surface area (Å²) in [6.07, 6.45) is 2.30. The first-order valence-electron chi connectivity index (χ1n) is 8.72. The summed E-state index contributed by atoms with van der Waals surface area (Å²) in [7, 11) is 0. The van der Waals surface area contributed by atoms with Gasteiger partial charge in [-0.3, -0.25) is 14.9 Å². The average molecular weight is 396 g/mol. The maximum Gasteiger partial charge on any atom is 0.322 e. The Hall–Kier alpha value is -1.79. The molecule has 0 aromatic heterocycles. The van der Waals surface area contributed by atoms with E-state index in [2.05, 4.69) is 10.6 Å². The number of hydrogen-bond donors (Lipinski definition) is 2. The predicted molar refractivity (Wildman–Crippen MR) is 96.8 cm³/mol. The van der Waals surface area contributed by atoms with E-state index < -0.39 is 11.6 Å². The number of carbonyl (C=O) groups is 3. The maximum absolute atomic E-state index is 12.8. The van der Waals surface area contributed by atoms with Crippen molar-refractivity contribution in [3.63, 3.8) is 0 Å². The fourth-order valence-corrected chi connectivity index (χ4v) is 4.48. The first kappa shape index (κ1) is 17.6. The van der Waals surface area contributed by atoms with Crippen LogP contribution in [-0.2, 0) is 16.1 Å². The lowest BCUT2D eigenvalue weighted by Crippen LogP contribution is -2.49. The number of halogens is 2. The van der Waals surface area contributed by atoms with Crippen molar-refractivity contribution in [1.29, 1.82) is 0 Å². The lowest BCUT2D eigenvalue weighted by molar-refractivity contribution is -0.134. The van der Waals surface area contributed by atoms with Gasteiger partial charge in [0.1, 0.15) is 5.54 Å². The van der Waals surface area contributed by atoms with Gasteiger partial charge in [0, 0.05) is 13.0 Å². The molecule has 2 atom stereocenters. The third-order valence-electron chi connectivity index (χ3n) is 5.74. The molecule has 1 aliphatic carbocycles. The van der Waals surface area contributed by atoms with E-state index in [0.29, 0.717) is 23.0 Å². The van der Waals surface area contributed by atoms with Crippen LogP contribution >= 0.6 is 23.2 Å². The minimum atomic E-state index is -0.935. The van der Waals surface area contributed by atoms with Crippen LogP contribution in [0.1, 0.15) is 49.8 Å². The molecule has 4 amide bonds. The fraction of sp³-hybridized carbons (Fsp3) is 0.500. The number of fused-ring (bicyclic) bond motifs is 1. The van der Waals surface area contributed by atoms with Gasteiger partial charge in [-0.2, -0.15) is 0 Å². The molecule has 2 N–H and O–H groups in total. The second-order valence-electron chi connectivity index (χ2n) is 7.32. The molecule has 1 unspecified atom stereocenters. The number of carbonyl (C=O) groups excluding carboxylic acids is 3. The highest BCUT2D eigenvalue weighted by Crippen LogP contribution is 2.44. The standard InChI is InChI=1S/C18H19Cl2N3O3/c1-9-12-7-14(20)13(19)6-10(12)8-23(9)15(24)4-5-18(11-2-3-11)16(25)21-17(26)22-18/h6-7,9,11H,2-5,8H2,1H3,(H2,21,22,25,26)/t9-,18?/m0/s1. The van der Waals surface area contributed by atoms with Crippen LogP contribution in [0.25, 0.3) is 0 Å². The monoisotopic (exact) mass is 395 g/mol. The predicted octanol–water partition coefficient (Wildman–Crippen LogP) is 3.17. The summed E-state index contributed by atoms with van der Waals surface area (Å²) >= 11 is 12.2. The van der Waals surface area contributed by atoms with Gasteiger partial charge in [0.2, 0.25) is 5.91 Å². The molecule has 1 aromatic carbocycles. The molecule has 2 heterocycles. The van der Waals surface area contributed by atoms with Crippen LogP contribution in [0.3, 0.4) is 0 Å². The molecule has 4 rings (SSSR count). The third kappa shape index (κ3) is 2.76. The minimum Gasteiger partial charge on any atom is -0.332 e. The number of urea groups is 1. The Morgan fingerprint density at radius 2 is 1.96 bits per heavy atom. The zero-order valence-electron chi connectivity index (χ0n) is 14.3. The van der Waals surface area contributed by atoms with Crippen molar-refractivity contribution < 1.29 is 14.4 Å². The molecule has 0 spiro atoms. The summed E-state index contributed by atoms with van der Waals surface area (Å²) in [6, 6.07) is 3.05. The molecule has 3 aliphatic rings. The second-order valence-corrected chi connectivity index (χ2v) is 8.13. The maximum atomic E-state index is 12.8. The number of amides is 4. The van der Waals surface area contributed by atoms with E-state index in [1.54, 1.807) is 11.0 Å². The van der Waals surface area contributed by atoms with Crippen molar-refractivity contribution in [2.45, 2.75) is 50.7 Å². The van der Waals surface area contributed by atoms with E-state index in [1.807, 2.05) is 13.0 Å². The van der Waals surface area contributed by atoms with Gasteiger partial charge in [0.05, 0.1) is 16.1 Å². The van der Waals surface area contributed by atoms with E-state index in [1.165, 1.54) is 0 Å². The molecule has 1 saturated carbocycles. The van der Waals surface area contributed by atoms with Gasteiger partial charge in [0.25, 0.3) is 5.91 Å². The lowest BCUT2D eigenvalue weighted by Gasteiger charge is -2.28. The van der Waals surface area contributed by atoms with Crippen LogP contribution in [0.15, 0.2) is 12.1 Å².